The van der Waals surface area contributed by atoms with Gasteiger partial charge in [0.25, 0.3) is 5.91 Å². The third-order valence-electron chi connectivity index (χ3n) is 17.0. The predicted molar refractivity (Wildman–Crippen MR) is 333 cm³/mol. The number of nitrogens with one attached hydrogen (secondary N) is 4. The molecule has 4 aromatic carbocycles. The van der Waals surface area contributed by atoms with Gasteiger partial charge in [-0.3, -0.25) is 43.5 Å². The fourth-order valence-corrected chi connectivity index (χ4v) is 11.7. The molecular weight excluding hydrogens is 1180 g/mol. The molecule has 2 saturated heterocycles. The monoisotopic (exact) mass is 1270 g/mol. The highest BCUT2D eigenvalue weighted by Crippen LogP contribution is 2.43. The van der Waals surface area contributed by atoms with Gasteiger partial charge in [-0.25, -0.2) is 22.8 Å². The highest BCUT2D eigenvalue weighted by atomic mass is 19.1. The van der Waals surface area contributed by atoms with Gasteiger partial charge in [0.15, 0.2) is 0 Å². The molecule has 8 rings (SSSR count). The average molecular weight is 1270 g/mol. The van der Waals surface area contributed by atoms with Crippen LogP contribution in [0.25, 0.3) is 0 Å². The number of carbonyl (C=O) groups excluding carboxylic acids is 8. The first-order chi connectivity index (χ1) is 42.7. The van der Waals surface area contributed by atoms with Crippen LogP contribution in [-0.2, 0) is 66.1 Å². The number of hydrogen-bond acceptors (Lipinski definition) is 14. The zero-order valence-corrected chi connectivity index (χ0v) is 54.0. The molecule has 4 aliphatic heterocycles. The largest absolute Gasteiger partial charge is 0.444 e. The number of hydrogen-bond donors (Lipinski definition) is 4. The molecule has 22 nitrogen and oxygen atoms in total. The lowest BCUT2D eigenvalue weighted by atomic mass is 9.83. The first-order valence-corrected chi connectivity index (χ1v) is 30.5. The molecule has 4 aromatic rings. The van der Waals surface area contributed by atoms with E-state index in [9.17, 15) is 38.0 Å². The van der Waals surface area contributed by atoms with Gasteiger partial charge >= 0.3 is 12.2 Å². The molecule has 8 amide bonds. The second-order valence-electron chi connectivity index (χ2n) is 26.2. The van der Waals surface area contributed by atoms with E-state index in [1.165, 1.54) is 52.3 Å². The van der Waals surface area contributed by atoms with E-state index < -0.39 is 106 Å². The molecule has 4 heterocycles. The topological polar surface area (TPSA) is 241 Å². The van der Waals surface area contributed by atoms with Crippen LogP contribution in [0.1, 0.15) is 110 Å². The number of morpholine rings is 1. The van der Waals surface area contributed by atoms with Gasteiger partial charge in [-0.15, -0.1) is 0 Å². The Hall–Kier alpha value is -8.13. The second kappa shape index (κ2) is 28.2. The van der Waals surface area contributed by atoms with Crippen molar-refractivity contribution in [3.05, 3.63) is 124 Å². The van der Waals surface area contributed by atoms with Crippen molar-refractivity contribution in [1.29, 1.82) is 0 Å². The van der Waals surface area contributed by atoms with Crippen molar-refractivity contribution in [2.75, 3.05) is 88.7 Å². The van der Waals surface area contributed by atoms with Gasteiger partial charge in [0.2, 0.25) is 29.5 Å². The lowest BCUT2D eigenvalue weighted by Gasteiger charge is -2.47. The van der Waals surface area contributed by atoms with E-state index >= 15 is 13.6 Å². The number of nitrogens with zero attached hydrogens (tertiary/aromatic N) is 6. The van der Waals surface area contributed by atoms with Crippen molar-refractivity contribution in [2.45, 2.75) is 148 Å². The Morgan fingerprint density at radius 3 is 2.12 bits per heavy atom. The van der Waals surface area contributed by atoms with Crippen LogP contribution in [0.5, 0.6) is 0 Å². The van der Waals surface area contributed by atoms with Gasteiger partial charge in [0, 0.05) is 82.9 Å². The number of rotatable bonds is 18. The fraction of sp³-hybridized carbons (Fsp3) is 0.515. The van der Waals surface area contributed by atoms with E-state index in [1.54, 1.807) is 61.8 Å². The van der Waals surface area contributed by atoms with E-state index in [4.69, 9.17) is 18.9 Å². The minimum Gasteiger partial charge on any atom is -0.444 e. The van der Waals surface area contributed by atoms with Crippen LogP contribution in [-0.4, -0.2) is 193 Å². The minimum absolute atomic E-state index is 0.0647. The summed E-state index contributed by atoms with van der Waals surface area (Å²) in [5, 5.41) is 10.5. The number of para-hydroxylation sites is 1. The van der Waals surface area contributed by atoms with Crippen LogP contribution in [0.3, 0.4) is 0 Å². The summed E-state index contributed by atoms with van der Waals surface area (Å²) in [6, 6.07) is 14.2. The van der Waals surface area contributed by atoms with Gasteiger partial charge in [-0.2, -0.15) is 0 Å². The Bertz CT molecular complexity index is 3380. The highest BCUT2D eigenvalue weighted by Gasteiger charge is 2.49. The van der Waals surface area contributed by atoms with Crippen molar-refractivity contribution < 1.29 is 70.5 Å². The molecule has 0 unspecified atom stereocenters. The molecule has 25 heteroatoms. The Labute approximate surface area is 529 Å². The highest BCUT2D eigenvalue weighted by molar-refractivity contribution is 6.05. The molecule has 91 heavy (non-hydrogen) atoms. The van der Waals surface area contributed by atoms with Crippen LogP contribution < -0.4 is 26.2 Å². The molecule has 492 valence electrons. The Morgan fingerprint density at radius 2 is 1.47 bits per heavy atom. The Balaban J connectivity index is 1.02. The molecule has 0 radical (unpaired) electrons. The summed E-state index contributed by atoms with van der Waals surface area (Å²) in [5.74, 6) is -6.83. The van der Waals surface area contributed by atoms with Crippen LogP contribution in [0.15, 0.2) is 78.9 Å². The maximum atomic E-state index is 15.1. The molecule has 8 atom stereocenters. The number of anilines is 3. The summed E-state index contributed by atoms with van der Waals surface area (Å²) in [6.45, 7) is 20.9. The number of likely N-dealkylation sites (N-methyl/N-ethyl adjacent to an activating group) is 1. The first kappa shape index (κ1) is 68.8. The quantitative estimate of drug-likeness (QED) is 0.0794. The maximum Gasteiger partial charge on any atom is 0.410 e. The van der Waals surface area contributed by atoms with Crippen LogP contribution in [0.2, 0.25) is 0 Å². The summed E-state index contributed by atoms with van der Waals surface area (Å²) in [5.41, 5.74) is -0.538. The van der Waals surface area contributed by atoms with Crippen molar-refractivity contribution in [2.24, 2.45) is 0 Å². The maximum absolute atomic E-state index is 15.1. The van der Waals surface area contributed by atoms with Gasteiger partial charge < -0.3 is 54.9 Å². The van der Waals surface area contributed by atoms with E-state index in [1.807, 2.05) is 39.8 Å². The molecule has 4 aliphatic rings. The molecule has 0 spiro atoms. The predicted octanol–water partition coefficient (Wildman–Crippen LogP) is 6.88. The average Bonchev–Trinajstić information content (AvgIpc) is 1.62. The summed E-state index contributed by atoms with van der Waals surface area (Å²) in [6.07, 6.45) is -1.90. The lowest BCUT2D eigenvalue weighted by molar-refractivity contribution is -0.145. The molecule has 0 aliphatic carbocycles. The van der Waals surface area contributed by atoms with E-state index in [0.717, 1.165) is 39.1 Å². The molecule has 0 aromatic heterocycles. The van der Waals surface area contributed by atoms with Crippen molar-refractivity contribution >= 4 is 64.7 Å². The standard InChI is InChI=1S/C66H85F3N10O12/c1-38-31-76(47(33-75-25-26-89-36-39(75)2)34-77(38)63(87)91-65(8,9)10)35-54(81)79-37-66(11,49-24-19-43(28-52(49)79)27-42-17-21-45(67)22-18-42)61(85)70-30-53(80)71-46-23-20-44-32-78(57(48(44)29-46)59(83)73-56-50(68)15-14-16-51(56)69)60(84)55(41(4)88-13)72-58(82)40(3)74(12)62(86)90-64(5,6)7/h14-24,28-29,38-41,47,55,57H,25-27,30-37H2,1-13H3,(H,70,85)(H,71,80)(H,72,82)(H,73,83)/t38-,39+,40-,41+,47-,55-,57-,66+/m0/s1. The Kier molecular flexibility index (Phi) is 21.3. The van der Waals surface area contributed by atoms with Crippen molar-refractivity contribution in [3.8, 4) is 0 Å². The molecular formula is C66H85F3N10O12. The number of piperazine rings is 1. The zero-order chi connectivity index (χ0) is 66.6. The van der Waals surface area contributed by atoms with Crippen molar-refractivity contribution in [1.82, 2.24) is 35.1 Å². The number of amides is 8. The van der Waals surface area contributed by atoms with Gasteiger partial charge in [-0.05, 0) is 153 Å². The number of methoxy groups -OCH3 is 1. The van der Waals surface area contributed by atoms with E-state index in [2.05, 4.69) is 38.0 Å². The van der Waals surface area contributed by atoms with Crippen LogP contribution in [0, 0.1) is 17.5 Å². The molecule has 0 saturated carbocycles. The third kappa shape index (κ3) is 16.3. The second-order valence-corrected chi connectivity index (χ2v) is 26.2. The first-order valence-electron chi connectivity index (χ1n) is 30.5. The normalized spacial score (nSPS) is 21.2. The lowest BCUT2D eigenvalue weighted by Crippen LogP contribution is -2.64. The van der Waals surface area contributed by atoms with Gasteiger partial charge in [-0.1, -0.05) is 36.4 Å². The number of benzene rings is 4. The summed E-state index contributed by atoms with van der Waals surface area (Å²) in [4.78, 5) is 123. The van der Waals surface area contributed by atoms with Gasteiger partial charge in [0.1, 0.15) is 52.5 Å². The number of carbonyl (C=O) groups is 8. The van der Waals surface area contributed by atoms with Gasteiger partial charge in [0.05, 0.1) is 37.8 Å². The SMILES string of the molecule is CO[C@H](C)[C@H](NC(=O)[C@H](C)N(C)C(=O)OC(C)(C)C)C(=O)N1Cc2ccc(NC(=O)CNC(=O)[C@]3(C)CN(C(=O)CN4C[C@H](C)N(C(=O)OC(C)(C)C)C[C@@H]4CN4CCOC[C@H]4C)c4cc(Cc5ccc(F)cc5)ccc43)cc2[C@H]1C(=O)Nc1c(F)cccc1F. The molecule has 4 N–H and O–H groups in total. The van der Waals surface area contributed by atoms with Crippen LogP contribution >= 0.6 is 0 Å². The molecule has 0 bridgehead atoms. The number of halogens is 3. The summed E-state index contributed by atoms with van der Waals surface area (Å²) < 4.78 is 66.8. The number of ether oxygens (including phenoxy) is 4. The van der Waals surface area contributed by atoms with E-state index in [-0.39, 0.29) is 60.7 Å². The summed E-state index contributed by atoms with van der Waals surface area (Å²) in [7, 11) is 2.65. The minimum atomic E-state index is -1.61. The smallest absolute Gasteiger partial charge is 0.410 e. The Morgan fingerprint density at radius 1 is 0.802 bits per heavy atom. The number of fused-ring (bicyclic) bond motifs is 2. The molecule has 2 fully saturated rings. The fourth-order valence-electron chi connectivity index (χ4n) is 11.7. The zero-order valence-electron chi connectivity index (χ0n) is 54.0. The summed E-state index contributed by atoms with van der Waals surface area (Å²) >= 11 is 0. The third-order valence-corrected chi connectivity index (χ3v) is 17.0. The van der Waals surface area contributed by atoms with Crippen molar-refractivity contribution in [3.63, 3.8) is 0 Å². The van der Waals surface area contributed by atoms with Crippen LogP contribution in [0.4, 0.5) is 39.8 Å². The van der Waals surface area contributed by atoms with E-state index in [0.29, 0.717) is 62.6 Å².